The quantitative estimate of drug-likeness (QED) is 0.702. The lowest BCUT2D eigenvalue weighted by atomic mass is 10.1. The fourth-order valence-electron chi connectivity index (χ4n) is 1.49. The highest BCUT2D eigenvalue weighted by Crippen LogP contribution is 2.32. The first-order valence-electron chi connectivity index (χ1n) is 4.44. The first-order valence-corrected chi connectivity index (χ1v) is 5.42. The van der Waals surface area contributed by atoms with Gasteiger partial charge in [-0.2, -0.15) is 5.26 Å². The Morgan fingerprint density at radius 3 is 2.93 bits per heavy atom. The predicted octanol–water partition coefficient (Wildman–Crippen LogP) is 2.38. The van der Waals surface area contributed by atoms with Crippen LogP contribution in [-0.4, -0.2) is 5.75 Å². The van der Waals surface area contributed by atoms with Crippen LogP contribution >= 0.6 is 11.8 Å². The molecule has 0 saturated heterocycles. The Morgan fingerprint density at radius 2 is 2.14 bits per heavy atom. The van der Waals surface area contributed by atoms with Crippen LogP contribution in [-0.2, 0) is 0 Å². The summed E-state index contributed by atoms with van der Waals surface area (Å²) in [5.74, 6) is 0.931. The molecule has 0 unspecified atom stereocenters. The third-order valence-electron chi connectivity index (χ3n) is 2.25. The molecule has 0 atom stereocenters. The van der Waals surface area contributed by atoms with Crippen molar-refractivity contribution < 1.29 is 0 Å². The minimum absolute atomic E-state index is 0.646. The molecule has 0 bridgehead atoms. The molecule has 14 heavy (non-hydrogen) atoms. The SMILES string of the molecule is N#CC1=C(N)c2ccccc2SCC1. The molecule has 1 heterocycles. The molecule has 1 aliphatic heterocycles. The van der Waals surface area contributed by atoms with Crippen LogP contribution in [0.15, 0.2) is 34.7 Å². The van der Waals surface area contributed by atoms with Gasteiger partial charge < -0.3 is 5.73 Å². The van der Waals surface area contributed by atoms with Gasteiger partial charge in [-0.1, -0.05) is 18.2 Å². The Balaban J connectivity index is 2.59. The van der Waals surface area contributed by atoms with Crippen LogP contribution in [0.3, 0.4) is 0 Å². The lowest BCUT2D eigenvalue weighted by Gasteiger charge is -2.05. The van der Waals surface area contributed by atoms with Gasteiger partial charge in [-0.05, 0) is 12.5 Å². The monoisotopic (exact) mass is 202 g/mol. The van der Waals surface area contributed by atoms with Crippen molar-refractivity contribution in [2.75, 3.05) is 5.75 Å². The number of benzene rings is 1. The highest BCUT2D eigenvalue weighted by molar-refractivity contribution is 7.99. The molecule has 0 aliphatic carbocycles. The Hall–Kier alpha value is -1.40. The summed E-state index contributed by atoms with van der Waals surface area (Å²) in [5, 5.41) is 8.91. The molecule has 1 aromatic carbocycles. The van der Waals surface area contributed by atoms with Gasteiger partial charge in [-0.3, -0.25) is 0 Å². The third-order valence-corrected chi connectivity index (χ3v) is 3.32. The number of thioether (sulfide) groups is 1. The summed E-state index contributed by atoms with van der Waals surface area (Å²) in [6.07, 6.45) is 0.766. The number of nitriles is 1. The van der Waals surface area contributed by atoms with Gasteiger partial charge in [0.1, 0.15) is 0 Å². The van der Waals surface area contributed by atoms with E-state index in [1.54, 1.807) is 11.8 Å². The van der Waals surface area contributed by atoms with Crippen LogP contribution in [0.5, 0.6) is 0 Å². The molecule has 2 nitrogen and oxygen atoms in total. The molecule has 0 aromatic heterocycles. The van der Waals surface area contributed by atoms with E-state index in [4.69, 9.17) is 11.0 Å². The van der Waals surface area contributed by atoms with E-state index in [2.05, 4.69) is 6.07 Å². The molecule has 0 amide bonds. The van der Waals surface area contributed by atoms with E-state index in [9.17, 15) is 0 Å². The number of hydrogen-bond donors (Lipinski definition) is 1. The molecule has 70 valence electrons. The van der Waals surface area contributed by atoms with Crippen LogP contribution in [0, 0.1) is 11.3 Å². The van der Waals surface area contributed by atoms with E-state index in [1.807, 2.05) is 24.3 Å². The van der Waals surface area contributed by atoms with Crippen molar-refractivity contribution in [1.82, 2.24) is 0 Å². The summed E-state index contributed by atoms with van der Waals surface area (Å²) >= 11 is 1.76. The second-order valence-electron chi connectivity index (χ2n) is 3.10. The average molecular weight is 202 g/mol. The number of nitrogens with two attached hydrogens (primary N) is 1. The van der Waals surface area contributed by atoms with E-state index in [0.29, 0.717) is 11.3 Å². The first-order chi connectivity index (χ1) is 6.83. The van der Waals surface area contributed by atoms with Crippen LogP contribution < -0.4 is 5.73 Å². The number of rotatable bonds is 0. The first kappa shape index (κ1) is 9.17. The third kappa shape index (κ3) is 1.49. The van der Waals surface area contributed by atoms with E-state index in [0.717, 1.165) is 17.7 Å². The van der Waals surface area contributed by atoms with Crippen molar-refractivity contribution >= 4 is 17.5 Å². The predicted molar refractivity (Wildman–Crippen MR) is 58.5 cm³/mol. The molecule has 2 N–H and O–H groups in total. The van der Waals surface area contributed by atoms with Gasteiger partial charge in [0.05, 0.1) is 17.3 Å². The molecular formula is C11H10N2S. The molecular weight excluding hydrogens is 192 g/mol. The fraction of sp³-hybridized carbons (Fsp3) is 0.182. The van der Waals surface area contributed by atoms with Crippen molar-refractivity contribution in [3.05, 3.63) is 35.4 Å². The average Bonchev–Trinajstić information content (AvgIpc) is 2.39. The Morgan fingerprint density at radius 1 is 1.36 bits per heavy atom. The zero-order valence-electron chi connectivity index (χ0n) is 7.66. The highest BCUT2D eigenvalue weighted by Gasteiger charge is 2.14. The van der Waals surface area contributed by atoms with Crippen molar-refractivity contribution in [3.8, 4) is 6.07 Å². The minimum atomic E-state index is 0.646. The molecule has 3 heteroatoms. The molecule has 2 rings (SSSR count). The summed E-state index contributed by atoms with van der Waals surface area (Å²) in [6, 6.07) is 10.1. The van der Waals surface area contributed by atoms with Gasteiger partial charge in [-0.25, -0.2) is 0 Å². The summed E-state index contributed by atoms with van der Waals surface area (Å²) in [5.41, 5.74) is 8.31. The Kier molecular flexibility index (Phi) is 2.47. The second kappa shape index (κ2) is 3.77. The maximum Gasteiger partial charge on any atom is 0.0969 e. The maximum atomic E-state index is 8.91. The smallest absolute Gasteiger partial charge is 0.0969 e. The second-order valence-corrected chi connectivity index (χ2v) is 4.24. The maximum absolute atomic E-state index is 8.91. The van der Waals surface area contributed by atoms with Crippen molar-refractivity contribution in [3.63, 3.8) is 0 Å². The number of nitrogens with zero attached hydrogens (tertiary/aromatic N) is 1. The molecule has 1 aromatic rings. The van der Waals surface area contributed by atoms with E-state index < -0.39 is 0 Å². The van der Waals surface area contributed by atoms with Gasteiger partial charge in [0.2, 0.25) is 0 Å². The molecule has 0 saturated carbocycles. The molecule has 1 aliphatic rings. The Labute approximate surface area is 87.4 Å². The van der Waals surface area contributed by atoms with Gasteiger partial charge in [-0.15, -0.1) is 11.8 Å². The van der Waals surface area contributed by atoms with E-state index in [-0.39, 0.29) is 0 Å². The lowest BCUT2D eigenvalue weighted by Crippen LogP contribution is -2.00. The highest BCUT2D eigenvalue weighted by atomic mass is 32.2. The van der Waals surface area contributed by atoms with E-state index >= 15 is 0 Å². The van der Waals surface area contributed by atoms with Crippen molar-refractivity contribution in [1.29, 1.82) is 5.26 Å². The van der Waals surface area contributed by atoms with Gasteiger partial charge in [0, 0.05) is 16.2 Å². The normalized spacial score (nSPS) is 15.6. The van der Waals surface area contributed by atoms with Gasteiger partial charge in [0.25, 0.3) is 0 Å². The van der Waals surface area contributed by atoms with Gasteiger partial charge >= 0.3 is 0 Å². The minimum Gasteiger partial charge on any atom is -0.397 e. The summed E-state index contributed by atoms with van der Waals surface area (Å²) in [6.45, 7) is 0. The molecule has 0 radical (unpaired) electrons. The Bertz CT molecular complexity index is 429. The summed E-state index contributed by atoms with van der Waals surface area (Å²) in [4.78, 5) is 1.18. The van der Waals surface area contributed by atoms with Crippen LogP contribution in [0.1, 0.15) is 12.0 Å². The van der Waals surface area contributed by atoms with Crippen LogP contribution in [0.2, 0.25) is 0 Å². The fourth-order valence-corrected chi connectivity index (χ4v) is 2.53. The zero-order valence-corrected chi connectivity index (χ0v) is 8.47. The molecule has 0 spiro atoms. The summed E-state index contributed by atoms with van der Waals surface area (Å²) < 4.78 is 0. The topological polar surface area (TPSA) is 49.8 Å². The molecule has 0 fully saturated rings. The van der Waals surface area contributed by atoms with Gasteiger partial charge in [0.15, 0.2) is 0 Å². The van der Waals surface area contributed by atoms with E-state index in [1.165, 1.54) is 4.90 Å². The largest absolute Gasteiger partial charge is 0.397 e. The lowest BCUT2D eigenvalue weighted by molar-refractivity contribution is 1.17. The summed E-state index contributed by atoms with van der Waals surface area (Å²) in [7, 11) is 0. The number of allylic oxidation sites excluding steroid dienone is 1. The van der Waals surface area contributed by atoms with Crippen LogP contribution in [0.4, 0.5) is 0 Å². The van der Waals surface area contributed by atoms with Crippen molar-refractivity contribution in [2.24, 2.45) is 5.73 Å². The van der Waals surface area contributed by atoms with Crippen molar-refractivity contribution in [2.45, 2.75) is 11.3 Å². The van der Waals surface area contributed by atoms with Crippen LogP contribution in [0.25, 0.3) is 5.70 Å². The number of hydrogen-bond acceptors (Lipinski definition) is 3. The number of fused-ring (bicyclic) bond motifs is 1. The zero-order chi connectivity index (χ0) is 9.97. The standard InChI is InChI=1S/C11H10N2S/c12-7-8-5-6-14-10-4-2-1-3-9(10)11(8)13/h1-4H,5-6,13H2.